The molecule has 16 heavy (non-hydrogen) atoms. The molecule has 0 saturated carbocycles. The summed E-state index contributed by atoms with van der Waals surface area (Å²) in [4.78, 5) is 0. The zero-order valence-corrected chi connectivity index (χ0v) is 11.3. The third-order valence-corrected chi connectivity index (χ3v) is 3.42. The fourth-order valence-electron chi connectivity index (χ4n) is 1.49. The smallest absolute Gasteiger partial charge is 0.149 e. The maximum Gasteiger partial charge on any atom is 0.154 e. The number of halogens is 2. The summed E-state index contributed by atoms with van der Waals surface area (Å²) in [5, 5.41) is 8.56. The lowest BCUT2D eigenvalue weighted by Gasteiger charge is -2.08. The summed E-state index contributed by atoms with van der Waals surface area (Å²) in [6.45, 7) is 3.96. The normalized spacial score (nSPS) is 10.5. The molecule has 1 aromatic carbocycles. The minimum atomic E-state index is 0.469. The Hall–Kier alpha value is -0.930. The van der Waals surface area contributed by atoms with Crippen LogP contribution in [0.5, 0.6) is 0 Å². The zero-order chi connectivity index (χ0) is 11.7. The molecule has 0 N–H and O–H groups in total. The number of nitrogens with zero attached hydrogens (tertiary/aromatic N) is 2. The van der Waals surface area contributed by atoms with Crippen molar-refractivity contribution < 1.29 is 0 Å². The first kappa shape index (κ1) is 11.6. The van der Waals surface area contributed by atoms with Crippen molar-refractivity contribution in [3.8, 4) is 11.3 Å². The van der Waals surface area contributed by atoms with Crippen molar-refractivity contribution in [1.82, 2.24) is 10.2 Å². The lowest BCUT2D eigenvalue weighted by Crippen LogP contribution is -1.96. The Kier molecular flexibility index (Phi) is 3.26. The van der Waals surface area contributed by atoms with E-state index in [1.54, 1.807) is 0 Å². The van der Waals surface area contributed by atoms with E-state index in [4.69, 9.17) is 11.6 Å². The van der Waals surface area contributed by atoms with Crippen molar-refractivity contribution in [1.29, 1.82) is 0 Å². The molecule has 0 bridgehead atoms. The quantitative estimate of drug-likeness (QED) is 0.789. The van der Waals surface area contributed by atoms with Gasteiger partial charge in [-0.2, -0.15) is 0 Å². The second kappa shape index (κ2) is 4.52. The largest absolute Gasteiger partial charge is 0.154 e. The Balaban J connectivity index is 2.61. The second-order valence-corrected chi connectivity index (χ2v) is 4.87. The molecule has 0 atom stereocenters. The predicted molar refractivity (Wildman–Crippen MR) is 69.7 cm³/mol. The molecule has 1 aromatic heterocycles. The highest BCUT2D eigenvalue weighted by Gasteiger charge is 2.09. The van der Waals surface area contributed by atoms with E-state index in [1.807, 2.05) is 38.1 Å². The number of hydrogen-bond donors (Lipinski definition) is 0. The van der Waals surface area contributed by atoms with Crippen molar-refractivity contribution in [2.75, 3.05) is 0 Å². The van der Waals surface area contributed by atoms with Gasteiger partial charge in [0.15, 0.2) is 5.15 Å². The van der Waals surface area contributed by atoms with Crippen LogP contribution in [-0.4, -0.2) is 10.2 Å². The Labute approximate surface area is 108 Å². The van der Waals surface area contributed by atoms with Crippen molar-refractivity contribution in [3.63, 3.8) is 0 Å². The highest BCUT2D eigenvalue weighted by Crippen LogP contribution is 2.27. The first-order valence-corrected chi connectivity index (χ1v) is 6.02. The average Bonchev–Trinajstić information content (AvgIpc) is 2.26. The monoisotopic (exact) mass is 296 g/mol. The molecule has 4 heteroatoms. The molecule has 82 valence electrons. The van der Waals surface area contributed by atoms with Crippen LogP contribution in [0.15, 0.2) is 28.7 Å². The molecule has 0 unspecified atom stereocenters. The van der Waals surface area contributed by atoms with E-state index in [2.05, 4.69) is 26.1 Å². The fraction of sp³-hybridized carbons (Fsp3) is 0.167. The molecule has 0 radical (unpaired) electrons. The molecule has 0 aliphatic rings. The lowest BCUT2D eigenvalue weighted by atomic mass is 10.0. The standard InChI is InChI=1S/C12H10BrClN2/c1-7-8(2)12(14)16-15-11(7)9-4-3-5-10(13)6-9/h3-6H,1-2H3. The molecule has 2 aromatic rings. The summed E-state index contributed by atoms with van der Waals surface area (Å²) in [6.07, 6.45) is 0. The number of benzene rings is 1. The van der Waals surface area contributed by atoms with Gasteiger partial charge in [0.25, 0.3) is 0 Å². The molecule has 0 amide bonds. The highest BCUT2D eigenvalue weighted by atomic mass is 79.9. The highest BCUT2D eigenvalue weighted by molar-refractivity contribution is 9.10. The molecular formula is C12H10BrClN2. The van der Waals surface area contributed by atoms with Gasteiger partial charge in [0.05, 0.1) is 5.69 Å². The first-order chi connectivity index (χ1) is 7.59. The minimum Gasteiger partial charge on any atom is -0.149 e. The van der Waals surface area contributed by atoms with E-state index < -0.39 is 0 Å². The summed E-state index contributed by atoms with van der Waals surface area (Å²) in [5.41, 5.74) is 3.96. The maximum atomic E-state index is 5.92. The summed E-state index contributed by atoms with van der Waals surface area (Å²) in [7, 11) is 0. The van der Waals surface area contributed by atoms with Gasteiger partial charge < -0.3 is 0 Å². The third-order valence-electron chi connectivity index (χ3n) is 2.56. The lowest BCUT2D eigenvalue weighted by molar-refractivity contribution is 1.00. The maximum absolute atomic E-state index is 5.92. The summed E-state index contributed by atoms with van der Waals surface area (Å²) in [6, 6.07) is 7.99. The van der Waals surface area contributed by atoms with Gasteiger partial charge in [-0.05, 0) is 37.1 Å². The van der Waals surface area contributed by atoms with E-state index in [0.717, 1.165) is 26.9 Å². The zero-order valence-electron chi connectivity index (χ0n) is 8.96. The van der Waals surface area contributed by atoms with Gasteiger partial charge in [-0.1, -0.05) is 39.7 Å². The number of rotatable bonds is 1. The van der Waals surface area contributed by atoms with Crippen molar-refractivity contribution in [2.24, 2.45) is 0 Å². The van der Waals surface area contributed by atoms with E-state index >= 15 is 0 Å². The molecule has 0 saturated heterocycles. The van der Waals surface area contributed by atoms with Crippen molar-refractivity contribution >= 4 is 27.5 Å². The van der Waals surface area contributed by atoms with Crippen LogP contribution < -0.4 is 0 Å². The second-order valence-electron chi connectivity index (χ2n) is 3.60. The molecule has 0 aliphatic carbocycles. The van der Waals surface area contributed by atoms with Gasteiger partial charge in [0, 0.05) is 10.0 Å². The fourth-order valence-corrected chi connectivity index (χ4v) is 2.07. The molecule has 2 nitrogen and oxygen atoms in total. The summed E-state index contributed by atoms with van der Waals surface area (Å²) in [5.74, 6) is 0. The summed E-state index contributed by atoms with van der Waals surface area (Å²) < 4.78 is 1.03. The van der Waals surface area contributed by atoms with E-state index in [9.17, 15) is 0 Å². The number of hydrogen-bond acceptors (Lipinski definition) is 2. The molecule has 0 fully saturated rings. The number of aromatic nitrogens is 2. The molecule has 2 rings (SSSR count). The first-order valence-electron chi connectivity index (χ1n) is 4.85. The topological polar surface area (TPSA) is 25.8 Å². The van der Waals surface area contributed by atoms with Gasteiger partial charge in [-0.25, -0.2) is 0 Å². The van der Waals surface area contributed by atoms with Gasteiger partial charge >= 0.3 is 0 Å². The van der Waals surface area contributed by atoms with Crippen LogP contribution in [0, 0.1) is 13.8 Å². The van der Waals surface area contributed by atoms with Crippen LogP contribution in [0.4, 0.5) is 0 Å². The van der Waals surface area contributed by atoms with Crippen molar-refractivity contribution in [3.05, 3.63) is 45.0 Å². The van der Waals surface area contributed by atoms with Gasteiger partial charge in [-0.3, -0.25) is 0 Å². The van der Waals surface area contributed by atoms with E-state index in [0.29, 0.717) is 5.15 Å². The van der Waals surface area contributed by atoms with E-state index in [-0.39, 0.29) is 0 Å². The Morgan fingerprint density at radius 3 is 2.56 bits per heavy atom. The van der Waals surface area contributed by atoms with E-state index in [1.165, 1.54) is 0 Å². The van der Waals surface area contributed by atoms with Gasteiger partial charge in [0.1, 0.15) is 0 Å². The molecule has 0 aliphatic heterocycles. The minimum absolute atomic E-state index is 0.469. The Morgan fingerprint density at radius 1 is 1.12 bits per heavy atom. The van der Waals surface area contributed by atoms with Crippen LogP contribution in [0.1, 0.15) is 11.1 Å². The molecule has 0 spiro atoms. The Bertz CT molecular complexity index is 541. The van der Waals surface area contributed by atoms with Gasteiger partial charge in [-0.15, -0.1) is 10.2 Å². The SMILES string of the molecule is Cc1c(Cl)nnc(-c2cccc(Br)c2)c1C. The molecular weight excluding hydrogens is 288 g/mol. The summed E-state index contributed by atoms with van der Waals surface area (Å²) >= 11 is 9.36. The van der Waals surface area contributed by atoms with Crippen LogP contribution in [0.3, 0.4) is 0 Å². The Morgan fingerprint density at radius 2 is 1.88 bits per heavy atom. The van der Waals surface area contributed by atoms with Crippen LogP contribution in [0.25, 0.3) is 11.3 Å². The van der Waals surface area contributed by atoms with Crippen LogP contribution in [-0.2, 0) is 0 Å². The predicted octanol–water partition coefficient (Wildman–Crippen LogP) is 4.18. The van der Waals surface area contributed by atoms with Crippen LogP contribution >= 0.6 is 27.5 Å². The average molecular weight is 298 g/mol. The molecule has 1 heterocycles. The third kappa shape index (κ3) is 2.11. The van der Waals surface area contributed by atoms with Crippen molar-refractivity contribution in [2.45, 2.75) is 13.8 Å². The van der Waals surface area contributed by atoms with Gasteiger partial charge in [0.2, 0.25) is 0 Å². The van der Waals surface area contributed by atoms with Crippen LogP contribution in [0.2, 0.25) is 5.15 Å².